The molecule has 158 valence electrons. The Morgan fingerprint density at radius 2 is 1.87 bits per heavy atom. The topological polar surface area (TPSA) is 74.4 Å². The van der Waals surface area contributed by atoms with Crippen molar-refractivity contribution in [1.82, 2.24) is 4.98 Å². The molecule has 5 nitrogen and oxygen atoms in total. The van der Waals surface area contributed by atoms with Crippen LogP contribution in [-0.4, -0.2) is 23.7 Å². The van der Waals surface area contributed by atoms with E-state index < -0.39 is 23.5 Å². The van der Waals surface area contributed by atoms with E-state index in [0.717, 1.165) is 0 Å². The van der Waals surface area contributed by atoms with Crippen LogP contribution in [0.15, 0.2) is 36.4 Å². The number of carbonyl (C=O) groups excluding carboxylic acids is 1. The van der Waals surface area contributed by atoms with Gasteiger partial charge in [0.05, 0.1) is 28.9 Å². The van der Waals surface area contributed by atoms with E-state index in [0.29, 0.717) is 33.3 Å². The van der Waals surface area contributed by atoms with Gasteiger partial charge in [0, 0.05) is 27.8 Å². The van der Waals surface area contributed by atoms with Gasteiger partial charge in [0.1, 0.15) is 0 Å². The number of nitrogens with two attached hydrogens (primary N) is 1. The van der Waals surface area contributed by atoms with Crippen molar-refractivity contribution >= 4 is 34.2 Å². The number of ether oxygens (including phenoxy) is 2. The molecule has 0 fully saturated rings. The Bertz CT molecular complexity index is 1130. The molecule has 0 aliphatic rings. The van der Waals surface area contributed by atoms with Gasteiger partial charge >= 0.3 is 5.97 Å². The summed E-state index contributed by atoms with van der Waals surface area (Å²) in [6, 6.07) is 10.5. The number of nitrogens with zero attached hydrogens (tertiary/aromatic N) is 1. The van der Waals surface area contributed by atoms with Crippen molar-refractivity contribution < 1.29 is 18.7 Å². The first-order chi connectivity index (χ1) is 14.0. The van der Waals surface area contributed by atoms with Gasteiger partial charge in [-0.1, -0.05) is 35.9 Å². The number of halogens is 2. The Balaban J connectivity index is 2.45. The fourth-order valence-electron chi connectivity index (χ4n) is 3.40. The molecule has 0 unspecified atom stereocenters. The van der Waals surface area contributed by atoms with Crippen LogP contribution in [0.1, 0.15) is 38.1 Å². The smallest absolute Gasteiger partial charge is 0.339 e. The zero-order valence-electron chi connectivity index (χ0n) is 17.5. The third-order valence-corrected chi connectivity index (χ3v) is 5.02. The van der Waals surface area contributed by atoms with Crippen LogP contribution < -0.4 is 5.73 Å². The maximum Gasteiger partial charge on any atom is 0.339 e. The van der Waals surface area contributed by atoms with Gasteiger partial charge in [-0.2, -0.15) is 0 Å². The highest BCUT2D eigenvalue weighted by atomic mass is 35.5. The number of aryl methyl sites for hydroxylation is 1. The lowest BCUT2D eigenvalue weighted by atomic mass is 9.90. The van der Waals surface area contributed by atoms with Crippen LogP contribution in [0.25, 0.3) is 22.0 Å². The van der Waals surface area contributed by atoms with Crippen molar-refractivity contribution in [1.29, 1.82) is 0 Å². The van der Waals surface area contributed by atoms with Crippen molar-refractivity contribution in [3.63, 3.8) is 0 Å². The molecule has 0 radical (unpaired) electrons. The summed E-state index contributed by atoms with van der Waals surface area (Å²) < 4.78 is 25.7. The molecule has 7 heteroatoms. The molecule has 0 aliphatic heterocycles. The van der Waals surface area contributed by atoms with E-state index >= 15 is 0 Å². The monoisotopic (exact) mass is 430 g/mol. The number of fused-ring (bicyclic) bond motifs is 1. The average molecular weight is 431 g/mol. The summed E-state index contributed by atoms with van der Waals surface area (Å²) in [7, 11) is 1.29. The minimum Gasteiger partial charge on any atom is -0.467 e. The summed E-state index contributed by atoms with van der Waals surface area (Å²) in [5, 5.41) is 0.571. The van der Waals surface area contributed by atoms with Gasteiger partial charge in [-0.05, 0) is 39.8 Å². The Morgan fingerprint density at radius 3 is 2.50 bits per heavy atom. The fourth-order valence-corrected chi connectivity index (χ4v) is 3.67. The maximum atomic E-state index is 14.6. The number of rotatable bonds is 4. The van der Waals surface area contributed by atoms with Gasteiger partial charge in [0.2, 0.25) is 0 Å². The average Bonchev–Trinajstić information content (AvgIpc) is 2.69. The molecule has 3 aromatic rings. The molecule has 1 aromatic heterocycles. The molecule has 0 saturated heterocycles. The number of para-hydroxylation sites is 1. The van der Waals surface area contributed by atoms with E-state index in [1.807, 2.05) is 45.0 Å². The number of methoxy groups -OCH3 is 1. The summed E-state index contributed by atoms with van der Waals surface area (Å²) in [4.78, 5) is 17.4. The minimum atomic E-state index is -1.08. The molecule has 2 aromatic carbocycles. The number of carbonyl (C=O) groups is 1. The quantitative estimate of drug-likeness (QED) is 0.430. The van der Waals surface area contributed by atoms with E-state index in [1.165, 1.54) is 13.2 Å². The van der Waals surface area contributed by atoms with E-state index in [9.17, 15) is 9.18 Å². The number of esters is 1. The number of aromatic nitrogens is 1. The second-order valence-electron chi connectivity index (χ2n) is 7.97. The Hall–Kier alpha value is -2.70. The maximum absolute atomic E-state index is 14.6. The van der Waals surface area contributed by atoms with Crippen LogP contribution in [0.4, 0.5) is 10.1 Å². The minimum absolute atomic E-state index is 0.0594. The second kappa shape index (κ2) is 8.20. The number of anilines is 1. The number of nitrogen functional groups attached to an aromatic ring is 1. The number of pyridine rings is 1. The molecule has 0 aliphatic carbocycles. The predicted molar refractivity (Wildman–Crippen MR) is 117 cm³/mol. The van der Waals surface area contributed by atoms with Crippen molar-refractivity contribution in [2.45, 2.75) is 39.4 Å². The molecule has 1 heterocycles. The van der Waals surface area contributed by atoms with Crippen LogP contribution in [0, 0.1) is 12.7 Å². The second-order valence-corrected chi connectivity index (χ2v) is 8.34. The summed E-state index contributed by atoms with van der Waals surface area (Å²) in [5.41, 5.74) is 7.63. The molecule has 0 spiro atoms. The lowest BCUT2D eigenvalue weighted by molar-refractivity contribution is -0.164. The molecular weight excluding hydrogens is 407 g/mol. The summed E-state index contributed by atoms with van der Waals surface area (Å²) >= 11 is 6.38. The van der Waals surface area contributed by atoms with Crippen molar-refractivity contribution in [3.05, 3.63) is 58.5 Å². The van der Waals surface area contributed by atoms with Crippen LogP contribution in [0.2, 0.25) is 5.02 Å². The highest BCUT2D eigenvalue weighted by Gasteiger charge is 2.33. The Morgan fingerprint density at radius 1 is 1.20 bits per heavy atom. The Labute approximate surface area is 180 Å². The first-order valence-electron chi connectivity index (χ1n) is 9.44. The summed E-state index contributed by atoms with van der Waals surface area (Å²) in [6.45, 7) is 7.28. The highest BCUT2D eigenvalue weighted by Crippen LogP contribution is 2.43. The van der Waals surface area contributed by atoms with E-state index in [1.54, 1.807) is 13.0 Å². The molecule has 30 heavy (non-hydrogen) atoms. The van der Waals surface area contributed by atoms with Gasteiger partial charge in [-0.15, -0.1) is 0 Å². The zero-order valence-corrected chi connectivity index (χ0v) is 18.3. The lowest BCUT2D eigenvalue weighted by Crippen LogP contribution is -2.29. The van der Waals surface area contributed by atoms with Crippen LogP contribution in [-0.2, 0) is 14.3 Å². The summed E-state index contributed by atoms with van der Waals surface area (Å²) in [6.07, 6.45) is -1.08. The van der Waals surface area contributed by atoms with Gasteiger partial charge < -0.3 is 15.2 Å². The number of hydrogen-bond acceptors (Lipinski definition) is 5. The van der Waals surface area contributed by atoms with Crippen LogP contribution in [0.3, 0.4) is 0 Å². The standard InChI is InChI=1S/C23H24ClFN2O3/c1-12-17(21(22(28)29-5)30-23(2,3)4)18(13-8-6-7-9-16(13)27-12)14-10-11-15(26)20(25)19(14)24/h6-11,21H,26H2,1-5H3/t21-/m0/s1. The van der Waals surface area contributed by atoms with Gasteiger partial charge in [0.15, 0.2) is 11.9 Å². The van der Waals surface area contributed by atoms with Gasteiger partial charge in [-0.25, -0.2) is 9.18 Å². The lowest BCUT2D eigenvalue weighted by Gasteiger charge is -2.29. The summed E-state index contributed by atoms with van der Waals surface area (Å²) in [5.74, 6) is -1.30. The first kappa shape index (κ1) is 22.0. The number of hydrogen-bond donors (Lipinski definition) is 1. The number of benzene rings is 2. The molecule has 0 amide bonds. The molecular formula is C23H24ClFN2O3. The molecule has 1 atom stereocenters. The van der Waals surface area contributed by atoms with Gasteiger partial charge in [0.25, 0.3) is 0 Å². The predicted octanol–water partition coefficient (Wildman–Crippen LogP) is 5.61. The van der Waals surface area contributed by atoms with E-state index in [2.05, 4.69) is 4.98 Å². The van der Waals surface area contributed by atoms with Crippen molar-refractivity contribution in [2.75, 3.05) is 12.8 Å². The molecule has 2 N–H and O–H groups in total. The normalized spacial score (nSPS) is 12.8. The van der Waals surface area contributed by atoms with Crippen LogP contribution in [0.5, 0.6) is 0 Å². The fraction of sp³-hybridized carbons (Fsp3) is 0.304. The molecule has 0 bridgehead atoms. The highest BCUT2D eigenvalue weighted by molar-refractivity contribution is 6.34. The van der Waals surface area contributed by atoms with Crippen molar-refractivity contribution in [2.24, 2.45) is 0 Å². The largest absolute Gasteiger partial charge is 0.467 e. The van der Waals surface area contributed by atoms with Gasteiger partial charge in [-0.3, -0.25) is 4.98 Å². The third-order valence-electron chi connectivity index (χ3n) is 4.65. The SMILES string of the molecule is COC(=O)[C@@H](OC(C)(C)C)c1c(C)nc2ccccc2c1-c1ccc(N)c(F)c1Cl. The van der Waals surface area contributed by atoms with E-state index in [4.69, 9.17) is 26.8 Å². The Kier molecular flexibility index (Phi) is 6.01. The van der Waals surface area contributed by atoms with Crippen LogP contribution >= 0.6 is 11.6 Å². The van der Waals surface area contributed by atoms with Crippen molar-refractivity contribution in [3.8, 4) is 11.1 Å². The van der Waals surface area contributed by atoms with E-state index in [-0.39, 0.29) is 10.7 Å². The first-order valence-corrected chi connectivity index (χ1v) is 9.81. The molecule has 0 saturated carbocycles. The molecule has 3 rings (SSSR count). The third kappa shape index (κ3) is 4.11. The zero-order chi connectivity index (χ0) is 22.2.